The molecule has 5 heteroatoms. The molecule has 5 unspecified atom stereocenters. The molecule has 118 valence electrons. The largest absolute Gasteiger partial charge is 0.481 e. The third kappa shape index (κ3) is 2.80. The summed E-state index contributed by atoms with van der Waals surface area (Å²) in [5.41, 5.74) is 0. The number of hydrogen-bond acceptors (Lipinski definition) is 3. The minimum atomic E-state index is -0.776. The van der Waals surface area contributed by atoms with Crippen LogP contribution in [0.3, 0.4) is 0 Å². The van der Waals surface area contributed by atoms with Crippen LogP contribution >= 0.6 is 0 Å². The summed E-state index contributed by atoms with van der Waals surface area (Å²) in [6.45, 7) is 2.46. The Balaban J connectivity index is 1.62. The molecule has 0 aromatic carbocycles. The highest BCUT2D eigenvalue weighted by Crippen LogP contribution is 2.33. The van der Waals surface area contributed by atoms with Gasteiger partial charge in [-0.25, -0.2) is 0 Å². The van der Waals surface area contributed by atoms with Gasteiger partial charge in [-0.05, 0) is 44.9 Å². The van der Waals surface area contributed by atoms with E-state index in [4.69, 9.17) is 0 Å². The first-order valence-electron chi connectivity index (χ1n) is 8.37. The smallest absolute Gasteiger partial charge is 0.308 e. The lowest BCUT2D eigenvalue weighted by atomic mass is 9.77. The molecule has 2 aliphatic heterocycles. The van der Waals surface area contributed by atoms with Crippen LogP contribution < -0.4 is 5.32 Å². The van der Waals surface area contributed by atoms with Gasteiger partial charge in [-0.15, -0.1) is 0 Å². The van der Waals surface area contributed by atoms with E-state index in [-0.39, 0.29) is 18.0 Å². The van der Waals surface area contributed by atoms with Crippen LogP contribution in [0.1, 0.15) is 51.9 Å². The Morgan fingerprint density at radius 3 is 2.57 bits per heavy atom. The van der Waals surface area contributed by atoms with Crippen LogP contribution in [0, 0.1) is 11.8 Å². The SMILES string of the molecule is CC1C(C(=O)O)CCN1C(=O)C1CCC2CCCCC2N1. The molecule has 1 amide bonds. The zero-order valence-electron chi connectivity index (χ0n) is 12.8. The maximum atomic E-state index is 12.7. The van der Waals surface area contributed by atoms with E-state index in [0.29, 0.717) is 19.0 Å². The average molecular weight is 294 g/mol. The number of nitrogens with zero attached hydrogens (tertiary/aromatic N) is 1. The highest BCUT2D eigenvalue weighted by atomic mass is 16.4. The third-order valence-electron chi connectivity index (χ3n) is 5.80. The summed E-state index contributed by atoms with van der Waals surface area (Å²) in [4.78, 5) is 25.7. The lowest BCUT2D eigenvalue weighted by molar-refractivity contribution is -0.143. The third-order valence-corrected chi connectivity index (χ3v) is 5.80. The molecule has 1 aliphatic carbocycles. The van der Waals surface area contributed by atoms with Gasteiger partial charge < -0.3 is 15.3 Å². The van der Waals surface area contributed by atoms with E-state index in [1.807, 2.05) is 6.92 Å². The summed E-state index contributed by atoms with van der Waals surface area (Å²) in [7, 11) is 0. The number of amides is 1. The van der Waals surface area contributed by atoms with Gasteiger partial charge in [0, 0.05) is 18.6 Å². The van der Waals surface area contributed by atoms with Crippen LogP contribution in [0.15, 0.2) is 0 Å². The average Bonchev–Trinajstić information content (AvgIpc) is 2.88. The van der Waals surface area contributed by atoms with E-state index in [2.05, 4.69) is 5.32 Å². The van der Waals surface area contributed by atoms with Gasteiger partial charge in [0.05, 0.1) is 12.0 Å². The van der Waals surface area contributed by atoms with Crippen molar-refractivity contribution in [2.75, 3.05) is 6.54 Å². The number of piperidine rings is 1. The number of carbonyl (C=O) groups is 2. The van der Waals surface area contributed by atoms with Gasteiger partial charge in [0.25, 0.3) is 0 Å². The summed E-state index contributed by atoms with van der Waals surface area (Å²) >= 11 is 0. The minimum Gasteiger partial charge on any atom is -0.481 e. The molecule has 2 N–H and O–H groups in total. The first-order chi connectivity index (χ1) is 10.1. The lowest BCUT2D eigenvalue weighted by Crippen LogP contribution is -2.56. The number of fused-ring (bicyclic) bond motifs is 1. The second kappa shape index (κ2) is 5.95. The molecule has 21 heavy (non-hydrogen) atoms. The van der Waals surface area contributed by atoms with Gasteiger partial charge in [0.15, 0.2) is 0 Å². The number of hydrogen-bond donors (Lipinski definition) is 2. The van der Waals surface area contributed by atoms with E-state index < -0.39 is 11.9 Å². The van der Waals surface area contributed by atoms with Crippen LogP contribution in [-0.2, 0) is 9.59 Å². The predicted molar refractivity (Wildman–Crippen MR) is 78.8 cm³/mol. The molecule has 1 saturated carbocycles. The summed E-state index contributed by atoms with van der Waals surface area (Å²) in [5.74, 6) is -0.317. The first kappa shape index (κ1) is 14.8. The van der Waals surface area contributed by atoms with Crippen molar-refractivity contribution in [3.8, 4) is 0 Å². The first-order valence-corrected chi connectivity index (χ1v) is 8.37. The van der Waals surface area contributed by atoms with Crippen LogP contribution in [-0.4, -0.2) is 46.6 Å². The van der Waals surface area contributed by atoms with Crippen LogP contribution in [0.4, 0.5) is 0 Å². The Morgan fingerprint density at radius 1 is 1.10 bits per heavy atom. The molecular weight excluding hydrogens is 268 g/mol. The molecule has 2 saturated heterocycles. The minimum absolute atomic E-state index is 0.0978. The van der Waals surface area contributed by atoms with Gasteiger partial charge in [-0.3, -0.25) is 9.59 Å². The standard InChI is InChI=1S/C16H26N2O3/c1-10-12(16(20)21)8-9-18(10)15(19)14-7-6-11-4-2-3-5-13(11)17-14/h10-14,17H,2-9H2,1H3,(H,20,21). The maximum Gasteiger partial charge on any atom is 0.308 e. The lowest BCUT2D eigenvalue weighted by Gasteiger charge is -2.41. The number of carboxylic acid groups (broad SMARTS) is 1. The van der Waals surface area contributed by atoms with Crippen molar-refractivity contribution in [2.45, 2.75) is 70.0 Å². The van der Waals surface area contributed by atoms with Crippen molar-refractivity contribution in [3.63, 3.8) is 0 Å². The molecule has 0 radical (unpaired) electrons. The van der Waals surface area contributed by atoms with Gasteiger partial charge in [-0.1, -0.05) is 12.8 Å². The maximum absolute atomic E-state index is 12.7. The summed E-state index contributed by atoms with van der Waals surface area (Å²) in [5, 5.41) is 12.8. The normalized spacial score (nSPS) is 39.9. The fourth-order valence-electron chi connectivity index (χ4n) is 4.47. The number of aliphatic carboxylic acids is 1. The van der Waals surface area contributed by atoms with Gasteiger partial charge in [-0.2, -0.15) is 0 Å². The molecule has 0 bridgehead atoms. The Labute approximate surface area is 126 Å². The second-order valence-corrected chi connectivity index (χ2v) is 6.95. The highest BCUT2D eigenvalue weighted by molar-refractivity contribution is 5.84. The fraction of sp³-hybridized carbons (Fsp3) is 0.875. The topological polar surface area (TPSA) is 69.6 Å². The van der Waals surface area contributed by atoms with Crippen molar-refractivity contribution in [2.24, 2.45) is 11.8 Å². The molecule has 2 heterocycles. The monoisotopic (exact) mass is 294 g/mol. The van der Waals surface area contributed by atoms with E-state index in [1.165, 1.54) is 25.7 Å². The van der Waals surface area contributed by atoms with Crippen LogP contribution in [0.2, 0.25) is 0 Å². The number of carbonyl (C=O) groups excluding carboxylic acids is 1. The Hall–Kier alpha value is -1.10. The van der Waals surface area contributed by atoms with Crippen molar-refractivity contribution >= 4 is 11.9 Å². The van der Waals surface area contributed by atoms with Gasteiger partial charge >= 0.3 is 5.97 Å². The van der Waals surface area contributed by atoms with E-state index in [9.17, 15) is 14.7 Å². The van der Waals surface area contributed by atoms with E-state index >= 15 is 0 Å². The summed E-state index contributed by atoms with van der Waals surface area (Å²) in [6.07, 6.45) is 7.68. The number of carboxylic acids is 1. The second-order valence-electron chi connectivity index (χ2n) is 6.95. The van der Waals surface area contributed by atoms with Crippen molar-refractivity contribution in [1.29, 1.82) is 0 Å². The quantitative estimate of drug-likeness (QED) is 0.812. The molecule has 3 rings (SSSR count). The van der Waals surface area contributed by atoms with Crippen molar-refractivity contribution < 1.29 is 14.7 Å². The molecular formula is C16H26N2O3. The molecule has 3 fully saturated rings. The summed E-state index contributed by atoms with van der Waals surface area (Å²) in [6, 6.07) is 0.217. The molecule has 5 nitrogen and oxygen atoms in total. The molecule has 0 aromatic heterocycles. The predicted octanol–water partition coefficient (Wildman–Crippen LogP) is 1.62. The Bertz CT molecular complexity index is 426. The van der Waals surface area contributed by atoms with E-state index in [1.54, 1.807) is 4.90 Å². The fourth-order valence-corrected chi connectivity index (χ4v) is 4.47. The molecule has 3 aliphatic rings. The Kier molecular flexibility index (Phi) is 4.20. The van der Waals surface area contributed by atoms with Gasteiger partial charge in [0.1, 0.15) is 0 Å². The molecule has 5 atom stereocenters. The van der Waals surface area contributed by atoms with Gasteiger partial charge in [0.2, 0.25) is 5.91 Å². The number of nitrogens with one attached hydrogen (secondary N) is 1. The van der Waals surface area contributed by atoms with Crippen LogP contribution in [0.25, 0.3) is 0 Å². The molecule has 0 spiro atoms. The van der Waals surface area contributed by atoms with E-state index in [0.717, 1.165) is 18.8 Å². The van der Waals surface area contributed by atoms with Crippen molar-refractivity contribution in [3.05, 3.63) is 0 Å². The Morgan fingerprint density at radius 2 is 1.86 bits per heavy atom. The zero-order chi connectivity index (χ0) is 15.0. The number of likely N-dealkylation sites (tertiary alicyclic amines) is 1. The highest BCUT2D eigenvalue weighted by Gasteiger charge is 2.42. The zero-order valence-corrected chi connectivity index (χ0v) is 12.8. The van der Waals surface area contributed by atoms with Crippen molar-refractivity contribution in [1.82, 2.24) is 10.2 Å². The summed E-state index contributed by atoms with van der Waals surface area (Å²) < 4.78 is 0. The van der Waals surface area contributed by atoms with Crippen LogP contribution in [0.5, 0.6) is 0 Å². The molecule has 0 aromatic rings. The number of rotatable bonds is 2.